The highest BCUT2D eigenvalue weighted by Crippen LogP contribution is 2.61. The Morgan fingerprint density at radius 1 is 0.905 bits per heavy atom. The van der Waals surface area contributed by atoms with E-state index >= 15 is 0 Å². The number of nitrogens with one attached hydrogen (secondary N) is 2. The second-order valence-corrected chi connectivity index (χ2v) is 12.1. The number of pyridine rings is 1. The molecule has 2 amide bonds. The minimum atomic E-state index is -0.605. The summed E-state index contributed by atoms with van der Waals surface area (Å²) in [6.07, 6.45) is 3.18. The quantitative estimate of drug-likeness (QED) is 0.225. The third-order valence-electron chi connectivity index (χ3n) is 8.69. The zero-order valence-electron chi connectivity index (χ0n) is 23.2. The average molecular weight is 571 g/mol. The molecule has 2 heterocycles. The Labute approximate surface area is 248 Å². The Bertz CT molecular complexity index is 1750. The maximum Gasteiger partial charge on any atom is 0.251 e. The highest BCUT2D eigenvalue weighted by Gasteiger charge is 2.54. The maximum atomic E-state index is 14.0. The van der Waals surface area contributed by atoms with E-state index in [1.807, 2.05) is 41.8 Å². The van der Waals surface area contributed by atoms with E-state index in [-0.39, 0.29) is 23.7 Å². The molecule has 42 heavy (non-hydrogen) atoms. The van der Waals surface area contributed by atoms with E-state index < -0.39 is 5.41 Å². The summed E-state index contributed by atoms with van der Waals surface area (Å²) in [6.45, 7) is 2.60. The van der Waals surface area contributed by atoms with Gasteiger partial charge >= 0.3 is 0 Å². The summed E-state index contributed by atoms with van der Waals surface area (Å²) in [5.41, 5.74) is 7.63. The monoisotopic (exact) mass is 570 g/mol. The van der Waals surface area contributed by atoms with Crippen molar-refractivity contribution in [2.45, 2.75) is 31.6 Å². The van der Waals surface area contributed by atoms with Gasteiger partial charge in [-0.3, -0.25) is 14.6 Å². The fourth-order valence-corrected chi connectivity index (χ4v) is 7.38. The SMILES string of the molecule is CC1(C(=O)Nc2nc(-c3cccc(C(=O)NCCc4ccccn4)c3)cs2)CC2c3ccccc3C1c1ccccc12. The van der Waals surface area contributed by atoms with Gasteiger partial charge in [-0.15, -0.1) is 11.3 Å². The van der Waals surface area contributed by atoms with E-state index in [2.05, 4.69) is 71.1 Å². The van der Waals surface area contributed by atoms with Crippen molar-refractivity contribution in [2.24, 2.45) is 5.41 Å². The van der Waals surface area contributed by atoms with Crippen LogP contribution in [0, 0.1) is 5.41 Å². The third-order valence-corrected chi connectivity index (χ3v) is 9.44. The number of nitrogens with zero attached hydrogens (tertiary/aromatic N) is 2. The Balaban J connectivity index is 1.07. The molecule has 0 fully saturated rings. The molecule has 2 bridgehead atoms. The average Bonchev–Trinajstić information content (AvgIpc) is 3.50. The summed E-state index contributed by atoms with van der Waals surface area (Å²) >= 11 is 1.40. The summed E-state index contributed by atoms with van der Waals surface area (Å²) in [5.74, 6) is 0.0332. The first-order valence-corrected chi connectivity index (χ1v) is 15.1. The molecule has 5 aromatic rings. The summed E-state index contributed by atoms with van der Waals surface area (Å²) < 4.78 is 0. The van der Waals surface area contributed by atoms with Crippen molar-refractivity contribution in [3.63, 3.8) is 0 Å². The van der Waals surface area contributed by atoms with Crippen molar-refractivity contribution >= 4 is 28.3 Å². The molecule has 0 radical (unpaired) electrons. The number of amides is 2. The Hall–Kier alpha value is -4.62. The van der Waals surface area contributed by atoms with Gasteiger partial charge in [0, 0.05) is 53.2 Å². The number of carbonyl (C=O) groups is 2. The molecular formula is C35H30N4O2S. The molecule has 3 aliphatic rings. The number of anilines is 1. The van der Waals surface area contributed by atoms with Gasteiger partial charge in [0.2, 0.25) is 5.91 Å². The normalized spacial score (nSPS) is 19.9. The number of rotatable bonds is 7. The van der Waals surface area contributed by atoms with Gasteiger partial charge in [-0.05, 0) is 59.9 Å². The van der Waals surface area contributed by atoms with Crippen LogP contribution in [0.5, 0.6) is 0 Å². The first kappa shape index (κ1) is 26.3. The molecule has 7 heteroatoms. The molecular weight excluding hydrogens is 540 g/mol. The molecule has 6 nitrogen and oxygen atoms in total. The highest BCUT2D eigenvalue weighted by atomic mass is 32.1. The number of thiazole rings is 1. The largest absolute Gasteiger partial charge is 0.352 e. The van der Waals surface area contributed by atoms with Crippen LogP contribution in [0.2, 0.25) is 0 Å². The third kappa shape index (κ3) is 4.60. The summed E-state index contributed by atoms with van der Waals surface area (Å²) in [5, 5.41) is 8.61. The number of hydrogen-bond acceptors (Lipinski definition) is 5. The van der Waals surface area contributed by atoms with Crippen LogP contribution >= 0.6 is 11.3 Å². The number of fused-ring (bicyclic) bond motifs is 1. The topological polar surface area (TPSA) is 84.0 Å². The molecule has 1 unspecified atom stereocenters. The van der Waals surface area contributed by atoms with E-state index in [1.165, 1.54) is 33.6 Å². The van der Waals surface area contributed by atoms with Gasteiger partial charge in [-0.25, -0.2) is 4.98 Å². The first-order valence-electron chi connectivity index (χ1n) is 14.2. The van der Waals surface area contributed by atoms with Gasteiger partial charge in [-0.2, -0.15) is 0 Å². The molecule has 8 rings (SSSR count). The number of hydrogen-bond donors (Lipinski definition) is 2. The minimum absolute atomic E-state index is 0.0107. The fourth-order valence-electron chi connectivity index (χ4n) is 6.66. The number of aromatic nitrogens is 2. The maximum absolute atomic E-state index is 14.0. The minimum Gasteiger partial charge on any atom is -0.352 e. The van der Waals surface area contributed by atoms with Gasteiger partial charge in [0.05, 0.1) is 11.1 Å². The van der Waals surface area contributed by atoms with Crippen molar-refractivity contribution in [3.8, 4) is 11.3 Å². The van der Waals surface area contributed by atoms with Crippen LogP contribution in [0.15, 0.2) is 103 Å². The van der Waals surface area contributed by atoms with Crippen LogP contribution in [-0.2, 0) is 11.2 Å². The predicted octanol–water partition coefficient (Wildman–Crippen LogP) is 6.80. The zero-order valence-corrected chi connectivity index (χ0v) is 24.0. The highest BCUT2D eigenvalue weighted by molar-refractivity contribution is 7.14. The number of carbonyl (C=O) groups excluding carboxylic acids is 2. The lowest BCUT2D eigenvalue weighted by atomic mass is 9.52. The van der Waals surface area contributed by atoms with Gasteiger partial charge in [0.25, 0.3) is 5.91 Å². The molecule has 2 N–H and O–H groups in total. The van der Waals surface area contributed by atoms with E-state index in [9.17, 15) is 9.59 Å². The van der Waals surface area contributed by atoms with Crippen molar-refractivity contribution < 1.29 is 9.59 Å². The van der Waals surface area contributed by atoms with Crippen LogP contribution < -0.4 is 10.6 Å². The molecule has 0 saturated heterocycles. The molecule has 0 aliphatic heterocycles. The Kier molecular flexibility index (Phi) is 6.67. The molecule has 3 aromatic carbocycles. The van der Waals surface area contributed by atoms with Crippen LogP contribution in [-0.4, -0.2) is 28.3 Å². The van der Waals surface area contributed by atoms with Gasteiger partial charge in [0.15, 0.2) is 5.13 Å². The van der Waals surface area contributed by atoms with Crippen LogP contribution in [0.1, 0.15) is 63.5 Å². The van der Waals surface area contributed by atoms with Crippen LogP contribution in [0.4, 0.5) is 5.13 Å². The second kappa shape index (κ2) is 10.7. The molecule has 1 atom stereocenters. The summed E-state index contributed by atoms with van der Waals surface area (Å²) in [7, 11) is 0. The smallest absolute Gasteiger partial charge is 0.251 e. The van der Waals surface area contributed by atoms with Gasteiger partial charge in [-0.1, -0.05) is 66.7 Å². The lowest BCUT2D eigenvalue weighted by Gasteiger charge is -2.50. The molecule has 2 aromatic heterocycles. The summed E-state index contributed by atoms with van der Waals surface area (Å²) in [4.78, 5) is 35.8. The zero-order chi connectivity index (χ0) is 28.7. The lowest BCUT2D eigenvalue weighted by molar-refractivity contribution is -0.126. The predicted molar refractivity (Wildman–Crippen MR) is 166 cm³/mol. The van der Waals surface area contributed by atoms with E-state index in [1.54, 1.807) is 12.3 Å². The number of benzene rings is 3. The Morgan fingerprint density at radius 3 is 2.33 bits per heavy atom. The van der Waals surface area contributed by atoms with E-state index in [0.717, 1.165) is 23.4 Å². The lowest BCUT2D eigenvalue weighted by Crippen LogP contribution is -2.47. The summed E-state index contributed by atoms with van der Waals surface area (Å²) in [6, 6.07) is 30.3. The van der Waals surface area contributed by atoms with E-state index in [4.69, 9.17) is 4.98 Å². The van der Waals surface area contributed by atoms with Crippen molar-refractivity contribution in [1.82, 2.24) is 15.3 Å². The van der Waals surface area contributed by atoms with Gasteiger partial charge in [0.1, 0.15) is 0 Å². The van der Waals surface area contributed by atoms with Crippen LogP contribution in [0.3, 0.4) is 0 Å². The van der Waals surface area contributed by atoms with Crippen molar-refractivity contribution in [1.29, 1.82) is 0 Å². The first-order chi connectivity index (χ1) is 20.5. The molecule has 0 spiro atoms. The fraction of sp³-hybridized carbons (Fsp3) is 0.200. The van der Waals surface area contributed by atoms with Crippen molar-refractivity contribution in [3.05, 3.63) is 136 Å². The molecule has 0 saturated carbocycles. The van der Waals surface area contributed by atoms with Crippen molar-refractivity contribution in [2.75, 3.05) is 11.9 Å². The molecule has 208 valence electrons. The second-order valence-electron chi connectivity index (χ2n) is 11.3. The Morgan fingerprint density at radius 2 is 1.62 bits per heavy atom. The van der Waals surface area contributed by atoms with E-state index in [0.29, 0.717) is 23.7 Å². The molecule has 3 aliphatic carbocycles. The van der Waals surface area contributed by atoms with Crippen LogP contribution in [0.25, 0.3) is 11.3 Å². The standard InChI is InChI=1S/C35H30N4O2S/c1-35(20-29-25-12-2-4-14-27(25)31(35)28-15-5-3-13-26(28)29)33(41)39-34-38-30(21-42-34)22-9-8-10-23(19-22)32(40)37-18-16-24-11-6-7-17-36-24/h2-15,17,19,21,29,31H,16,18,20H2,1H3,(H,37,40)(H,38,39,41). The van der Waals surface area contributed by atoms with Gasteiger partial charge < -0.3 is 10.6 Å².